The summed E-state index contributed by atoms with van der Waals surface area (Å²) in [5.74, 6) is -0.215. The Hall–Kier alpha value is -0.570. The Balaban J connectivity index is 2.07. The molecule has 1 fully saturated rings. The maximum Gasteiger partial charge on any atom is 0.139 e. The van der Waals surface area contributed by atoms with Crippen molar-refractivity contribution in [2.45, 2.75) is 32.7 Å². The molecule has 1 aliphatic rings. The van der Waals surface area contributed by atoms with Crippen LogP contribution in [0.1, 0.15) is 26.7 Å². The molecule has 0 amide bonds. The van der Waals surface area contributed by atoms with Gasteiger partial charge in [-0.05, 0) is 59.3 Å². The Kier molecular flexibility index (Phi) is 2.75. The minimum Gasteiger partial charge on any atom is -0.382 e. The van der Waals surface area contributed by atoms with Crippen molar-refractivity contribution in [3.63, 3.8) is 0 Å². The number of nitrogens with one attached hydrogen (secondary N) is 1. The van der Waals surface area contributed by atoms with Crippen molar-refractivity contribution in [3.05, 3.63) is 28.5 Å². The zero-order chi connectivity index (χ0) is 11.1. The van der Waals surface area contributed by atoms with Gasteiger partial charge < -0.3 is 5.32 Å². The summed E-state index contributed by atoms with van der Waals surface area (Å²) in [4.78, 5) is 0. The van der Waals surface area contributed by atoms with Crippen LogP contribution < -0.4 is 5.32 Å². The second-order valence-corrected chi connectivity index (χ2v) is 5.50. The number of rotatable bonds is 3. The van der Waals surface area contributed by atoms with Crippen LogP contribution in [0.4, 0.5) is 10.1 Å². The molecule has 1 saturated carbocycles. The number of anilines is 1. The number of benzene rings is 1. The Morgan fingerprint density at radius 2 is 2.13 bits per heavy atom. The van der Waals surface area contributed by atoms with Crippen LogP contribution in [0, 0.1) is 11.2 Å². The predicted octanol–water partition coefficient (Wildman–Crippen LogP) is 4.19. The summed E-state index contributed by atoms with van der Waals surface area (Å²) < 4.78 is 13.8. The van der Waals surface area contributed by atoms with E-state index in [1.54, 1.807) is 6.07 Å². The summed E-state index contributed by atoms with van der Waals surface area (Å²) in [5, 5.41) is 3.35. The Morgan fingerprint density at radius 1 is 1.47 bits per heavy atom. The molecule has 0 saturated heterocycles. The highest BCUT2D eigenvalue weighted by Gasteiger charge is 2.42. The van der Waals surface area contributed by atoms with E-state index in [2.05, 4.69) is 35.1 Å². The van der Waals surface area contributed by atoms with Crippen LogP contribution in [0.3, 0.4) is 0 Å². The molecule has 1 nitrogen and oxygen atoms in total. The second kappa shape index (κ2) is 3.78. The van der Waals surface area contributed by atoms with Gasteiger partial charge in [0.2, 0.25) is 0 Å². The molecule has 0 aliphatic heterocycles. The van der Waals surface area contributed by atoms with Gasteiger partial charge in [-0.3, -0.25) is 0 Å². The average molecular weight is 272 g/mol. The first-order valence-corrected chi connectivity index (χ1v) is 6.02. The molecular weight excluding hydrogens is 257 g/mol. The first-order valence-electron chi connectivity index (χ1n) is 5.23. The fourth-order valence-corrected chi connectivity index (χ4v) is 1.89. The second-order valence-electron chi connectivity index (χ2n) is 4.65. The van der Waals surface area contributed by atoms with E-state index in [4.69, 9.17) is 0 Å². The van der Waals surface area contributed by atoms with Crippen molar-refractivity contribution in [3.8, 4) is 0 Å². The van der Waals surface area contributed by atoms with Crippen LogP contribution >= 0.6 is 15.9 Å². The largest absolute Gasteiger partial charge is 0.382 e. The highest BCUT2D eigenvalue weighted by Crippen LogP contribution is 2.48. The third-order valence-corrected chi connectivity index (χ3v) is 4.03. The molecule has 1 aromatic rings. The van der Waals surface area contributed by atoms with E-state index in [-0.39, 0.29) is 5.82 Å². The van der Waals surface area contributed by atoms with E-state index in [9.17, 15) is 4.39 Å². The van der Waals surface area contributed by atoms with Gasteiger partial charge in [0.1, 0.15) is 5.82 Å². The van der Waals surface area contributed by atoms with Crippen molar-refractivity contribution in [1.82, 2.24) is 0 Å². The number of halogens is 2. The predicted molar refractivity (Wildman–Crippen MR) is 64.5 cm³/mol. The van der Waals surface area contributed by atoms with E-state index < -0.39 is 0 Å². The summed E-state index contributed by atoms with van der Waals surface area (Å²) in [7, 11) is 0. The molecule has 15 heavy (non-hydrogen) atoms. The molecule has 0 bridgehead atoms. The van der Waals surface area contributed by atoms with Gasteiger partial charge in [0.25, 0.3) is 0 Å². The van der Waals surface area contributed by atoms with Gasteiger partial charge >= 0.3 is 0 Å². The van der Waals surface area contributed by atoms with Gasteiger partial charge in [-0.15, -0.1) is 0 Å². The zero-order valence-corrected chi connectivity index (χ0v) is 10.6. The molecule has 0 heterocycles. The quantitative estimate of drug-likeness (QED) is 0.870. The Labute approximate surface area is 98.2 Å². The third-order valence-electron chi connectivity index (χ3n) is 3.39. The van der Waals surface area contributed by atoms with Crippen LogP contribution in [-0.2, 0) is 0 Å². The molecule has 1 unspecified atom stereocenters. The minimum absolute atomic E-state index is 0.215. The van der Waals surface area contributed by atoms with Crippen molar-refractivity contribution in [1.29, 1.82) is 0 Å². The molecule has 0 radical (unpaired) electrons. The van der Waals surface area contributed by atoms with Gasteiger partial charge in [-0.1, -0.05) is 6.92 Å². The average Bonchev–Trinajstić information content (AvgIpc) is 2.92. The summed E-state index contributed by atoms with van der Waals surface area (Å²) in [6, 6.07) is 5.57. The molecule has 0 aromatic heterocycles. The van der Waals surface area contributed by atoms with Crippen molar-refractivity contribution in [2.75, 3.05) is 5.32 Å². The molecule has 2 rings (SSSR count). The van der Waals surface area contributed by atoms with Crippen LogP contribution in [0.25, 0.3) is 0 Å². The lowest BCUT2D eigenvalue weighted by Crippen LogP contribution is -2.24. The Morgan fingerprint density at radius 3 is 2.67 bits per heavy atom. The van der Waals surface area contributed by atoms with Crippen LogP contribution in [0.5, 0.6) is 0 Å². The highest BCUT2D eigenvalue weighted by molar-refractivity contribution is 9.10. The molecule has 1 N–H and O–H groups in total. The summed E-state index contributed by atoms with van der Waals surface area (Å²) in [5.41, 5.74) is 1.26. The molecule has 82 valence electrons. The normalized spacial score (nSPS) is 19.7. The van der Waals surface area contributed by atoms with Crippen LogP contribution in [0.2, 0.25) is 0 Å². The van der Waals surface area contributed by atoms with Crippen molar-refractivity contribution in [2.24, 2.45) is 5.41 Å². The summed E-state index contributed by atoms with van der Waals surface area (Å²) in [6.07, 6.45) is 2.53. The third kappa shape index (κ3) is 2.33. The standard InChI is InChI=1S/C12H15BrFN/c1-8(12(2)5-6-12)15-9-3-4-10(13)11(14)7-9/h3-4,7-8,15H,5-6H2,1-2H3. The van der Waals surface area contributed by atoms with E-state index in [1.807, 2.05) is 6.07 Å². The topological polar surface area (TPSA) is 12.0 Å². The summed E-state index contributed by atoms with van der Waals surface area (Å²) in [6.45, 7) is 4.42. The highest BCUT2D eigenvalue weighted by atomic mass is 79.9. The van der Waals surface area contributed by atoms with E-state index in [0.717, 1.165) is 5.69 Å². The molecule has 0 spiro atoms. The molecular formula is C12H15BrFN. The van der Waals surface area contributed by atoms with Crippen molar-refractivity contribution < 1.29 is 4.39 Å². The first-order chi connectivity index (χ1) is 7.01. The van der Waals surface area contributed by atoms with Gasteiger partial charge in [0, 0.05) is 11.7 Å². The lowest BCUT2D eigenvalue weighted by atomic mass is 10.0. The van der Waals surface area contributed by atoms with Gasteiger partial charge in [0.05, 0.1) is 4.47 Å². The number of hydrogen-bond acceptors (Lipinski definition) is 1. The zero-order valence-electron chi connectivity index (χ0n) is 8.98. The lowest BCUT2D eigenvalue weighted by Gasteiger charge is -2.21. The molecule has 1 aliphatic carbocycles. The van der Waals surface area contributed by atoms with Crippen LogP contribution in [-0.4, -0.2) is 6.04 Å². The monoisotopic (exact) mass is 271 g/mol. The summed E-state index contributed by atoms with van der Waals surface area (Å²) >= 11 is 3.14. The molecule has 1 atom stereocenters. The molecule has 3 heteroatoms. The number of hydrogen-bond donors (Lipinski definition) is 1. The fourth-order valence-electron chi connectivity index (χ4n) is 1.64. The smallest absolute Gasteiger partial charge is 0.139 e. The van der Waals surface area contributed by atoms with Crippen molar-refractivity contribution >= 4 is 21.6 Å². The maximum atomic E-state index is 13.3. The SMILES string of the molecule is CC(Nc1ccc(Br)c(F)c1)C1(C)CC1. The first kappa shape index (κ1) is 10.9. The fraction of sp³-hybridized carbons (Fsp3) is 0.500. The van der Waals surface area contributed by atoms with Crippen LogP contribution in [0.15, 0.2) is 22.7 Å². The molecule has 1 aromatic carbocycles. The van der Waals surface area contributed by atoms with E-state index in [1.165, 1.54) is 18.9 Å². The maximum absolute atomic E-state index is 13.3. The van der Waals surface area contributed by atoms with Gasteiger partial charge in [-0.25, -0.2) is 4.39 Å². The van der Waals surface area contributed by atoms with E-state index in [0.29, 0.717) is 15.9 Å². The van der Waals surface area contributed by atoms with E-state index >= 15 is 0 Å². The minimum atomic E-state index is -0.215. The lowest BCUT2D eigenvalue weighted by molar-refractivity contribution is 0.493. The Bertz CT molecular complexity index is 374. The van der Waals surface area contributed by atoms with Gasteiger partial charge in [0.15, 0.2) is 0 Å². The van der Waals surface area contributed by atoms with Gasteiger partial charge in [-0.2, -0.15) is 0 Å².